The Kier molecular flexibility index (Phi) is 9.54. The average Bonchev–Trinajstić information content (AvgIpc) is 2.68. The summed E-state index contributed by atoms with van der Waals surface area (Å²) < 4.78 is 5.17. The molecule has 0 amide bonds. The Morgan fingerprint density at radius 3 is 2.33 bits per heavy atom. The zero-order chi connectivity index (χ0) is 15.6. The summed E-state index contributed by atoms with van der Waals surface area (Å²) in [6.07, 6.45) is 8.45. The Balaban J connectivity index is 2.60. The predicted molar refractivity (Wildman–Crippen MR) is 91.8 cm³/mol. The van der Waals surface area contributed by atoms with E-state index in [9.17, 15) is 0 Å². The van der Waals surface area contributed by atoms with Crippen molar-refractivity contribution in [1.82, 2.24) is 10.2 Å². The summed E-state index contributed by atoms with van der Waals surface area (Å²) in [6, 6.07) is 0. The molecule has 0 aromatic carbocycles. The van der Waals surface area contributed by atoms with Gasteiger partial charge in [0.25, 0.3) is 0 Å². The zero-order valence-electron chi connectivity index (χ0n) is 14.9. The van der Waals surface area contributed by atoms with Gasteiger partial charge in [-0.2, -0.15) is 0 Å². The number of hydrogen-bond donors (Lipinski definition) is 1. The molecule has 0 unspecified atom stereocenters. The SMILES string of the molecule is CCN(CC(C)C)CC1(CNCCOC)CCCCCC1. The van der Waals surface area contributed by atoms with Gasteiger partial charge in [0.1, 0.15) is 0 Å². The largest absolute Gasteiger partial charge is 0.383 e. The molecule has 1 saturated carbocycles. The van der Waals surface area contributed by atoms with Crippen LogP contribution < -0.4 is 5.32 Å². The first-order chi connectivity index (χ1) is 10.1. The fourth-order valence-electron chi connectivity index (χ4n) is 3.69. The molecule has 0 aromatic rings. The van der Waals surface area contributed by atoms with Gasteiger partial charge in [-0.25, -0.2) is 0 Å². The van der Waals surface area contributed by atoms with Crippen molar-refractivity contribution in [2.45, 2.75) is 59.3 Å². The van der Waals surface area contributed by atoms with Crippen LogP contribution in [-0.4, -0.2) is 51.3 Å². The Morgan fingerprint density at radius 1 is 1.14 bits per heavy atom. The highest BCUT2D eigenvalue weighted by Gasteiger charge is 2.32. The molecule has 0 saturated heterocycles. The number of hydrogen-bond acceptors (Lipinski definition) is 3. The predicted octanol–water partition coefficient (Wildman–Crippen LogP) is 3.54. The third-order valence-electron chi connectivity index (χ3n) is 4.78. The minimum atomic E-state index is 0.481. The number of methoxy groups -OCH3 is 1. The Bertz CT molecular complexity index is 248. The van der Waals surface area contributed by atoms with Crippen molar-refractivity contribution < 1.29 is 4.74 Å². The van der Waals surface area contributed by atoms with E-state index in [1.54, 1.807) is 7.11 Å². The van der Waals surface area contributed by atoms with Crippen molar-refractivity contribution in [2.24, 2.45) is 11.3 Å². The van der Waals surface area contributed by atoms with Gasteiger partial charge in [0.15, 0.2) is 0 Å². The third-order valence-corrected chi connectivity index (χ3v) is 4.78. The molecule has 3 heteroatoms. The van der Waals surface area contributed by atoms with Gasteiger partial charge in [0.2, 0.25) is 0 Å². The molecule has 0 atom stereocenters. The van der Waals surface area contributed by atoms with Crippen molar-refractivity contribution >= 4 is 0 Å². The minimum absolute atomic E-state index is 0.481. The second kappa shape index (κ2) is 10.6. The quantitative estimate of drug-likeness (QED) is 0.493. The smallest absolute Gasteiger partial charge is 0.0587 e. The highest BCUT2D eigenvalue weighted by atomic mass is 16.5. The van der Waals surface area contributed by atoms with E-state index < -0.39 is 0 Å². The van der Waals surface area contributed by atoms with Gasteiger partial charge >= 0.3 is 0 Å². The van der Waals surface area contributed by atoms with Crippen molar-refractivity contribution in [3.63, 3.8) is 0 Å². The number of nitrogens with zero attached hydrogens (tertiary/aromatic N) is 1. The van der Waals surface area contributed by atoms with Crippen LogP contribution in [0.4, 0.5) is 0 Å². The van der Waals surface area contributed by atoms with Crippen LogP contribution in [0.1, 0.15) is 59.3 Å². The fraction of sp³-hybridized carbons (Fsp3) is 1.00. The molecule has 0 aromatic heterocycles. The first-order valence-corrected chi connectivity index (χ1v) is 9.04. The summed E-state index contributed by atoms with van der Waals surface area (Å²) in [7, 11) is 1.78. The molecular weight excluding hydrogens is 260 g/mol. The van der Waals surface area contributed by atoms with Crippen LogP contribution in [0, 0.1) is 11.3 Å². The molecule has 21 heavy (non-hydrogen) atoms. The average molecular weight is 299 g/mol. The van der Waals surface area contributed by atoms with E-state index in [0.29, 0.717) is 5.41 Å². The third kappa shape index (κ3) is 7.62. The highest BCUT2D eigenvalue weighted by Crippen LogP contribution is 2.35. The summed E-state index contributed by atoms with van der Waals surface area (Å²) in [4.78, 5) is 2.67. The molecule has 1 aliphatic rings. The van der Waals surface area contributed by atoms with Gasteiger partial charge in [-0.15, -0.1) is 0 Å². The van der Waals surface area contributed by atoms with Gasteiger partial charge < -0.3 is 15.0 Å². The van der Waals surface area contributed by atoms with E-state index in [4.69, 9.17) is 4.74 Å². The summed E-state index contributed by atoms with van der Waals surface area (Å²) in [6.45, 7) is 13.6. The summed E-state index contributed by atoms with van der Waals surface area (Å²) in [5.74, 6) is 0.759. The lowest BCUT2D eigenvalue weighted by molar-refractivity contribution is 0.117. The number of ether oxygens (including phenoxy) is 1. The van der Waals surface area contributed by atoms with E-state index in [-0.39, 0.29) is 0 Å². The van der Waals surface area contributed by atoms with Crippen LogP contribution in [0.2, 0.25) is 0 Å². The van der Waals surface area contributed by atoms with E-state index >= 15 is 0 Å². The standard InChI is InChI=1S/C18H38N2O/c1-5-20(14-17(2)3)16-18(15-19-12-13-21-4)10-8-6-7-9-11-18/h17,19H,5-16H2,1-4H3. The van der Waals surface area contributed by atoms with Crippen LogP contribution in [0.5, 0.6) is 0 Å². The zero-order valence-corrected chi connectivity index (χ0v) is 14.9. The number of rotatable bonds is 10. The molecule has 126 valence electrons. The summed E-state index contributed by atoms with van der Waals surface area (Å²) in [5, 5.41) is 3.66. The monoisotopic (exact) mass is 298 g/mol. The van der Waals surface area contributed by atoms with Crippen LogP contribution in [-0.2, 0) is 4.74 Å². The molecule has 3 nitrogen and oxygen atoms in total. The second-order valence-electron chi connectivity index (χ2n) is 7.31. The van der Waals surface area contributed by atoms with Crippen LogP contribution in [0.25, 0.3) is 0 Å². The van der Waals surface area contributed by atoms with Crippen LogP contribution in [0.15, 0.2) is 0 Å². The first-order valence-electron chi connectivity index (χ1n) is 9.04. The molecule has 1 aliphatic carbocycles. The topological polar surface area (TPSA) is 24.5 Å². The fourth-order valence-corrected chi connectivity index (χ4v) is 3.69. The second-order valence-corrected chi connectivity index (χ2v) is 7.31. The van der Waals surface area contributed by atoms with Gasteiger partial charge in [0.05, 0.1) is 6.61 Å². The molecule has 0 spiro atoms. The molecule has 0 radical (unpaired) electrons. The van der Waals surface area contributed by atoms with E-state index in [0.717, 1.165) is 25.6 Å². The molecule has 1 N–H and O–H groups in total. The molecular formula is C18H38N2O. The Morgan fingerprint density at radius 2 is 1.81 bits per heavy atom. The lowest BCUT2D eigenvalue weighted by Gasteiger charge is -2.38. The summed E-state index contributed by atoms with van der Waals surface area (Å²) >= 11 is 0. The van der Waals surface area contributed by atoms with E-state index in [2.05, 4.69) is 31.0 Å². The molecule has 0 bridgehead atoms. The lowest BCUT2D eigenvalue weighted by Crippen LogP contribution is -2.45. The van der Waals surface area contributed by atoms with Crippen molar-refractivity contribution in [3.05, 3.63) is 0 Å². The van der Waals surface area contributed by atoms with Gasteiger partial charge in [-0.3, -0.25) is 0 Å². The van der Waals surface area contributed by atoms with Crippen molar-refractivity contribution in [3.8, 4) is 0 Å². The maximum Gasteiger partial charge on any atom is 0.0587 e. The molecule has 0 heterocycles. The van der Waals surface area contributed by atoms with Crippen molar-refractivity contribution in [2.75, 3.05) is 46.4 Å². The van der Waals surface area contributed by atoms with Crippen molar-refractivity contribution in [1.29, 1.82) is 0 Å². The van der Waals surface area contributed by atoms with Crippen LogP contribution >= 0.6 is 0 Å². The molecule has 1 rings (SSSR count). The van der Waals surface area contributed by atoms with Crippen LogP contribution in [0.3, 0.4) is 0 Å². The van der Waals surface area contributed by atoms with Gasteiger partial charge in [-0.1, -0.05) is 46.5 Å². The van der Waals surface area contributed by atoms with Gasteiger partial charge in [-0.05, 0) is 30.7 Å². The molecule has 0 aliphatic heterocycles. The summed E-state index contributed by atoms with van der Waals surface area (Å²) in [5.41, 5.74) is 0.481. The minimum Gasteiger partial charge on any atom is -0.383 e. The molecule has 1 fully saturated rings. The number of nitrogens with one attached hydrogen (secondary N) is 1. The maximum absolute atomic E-state index is 5.17. The Hall–Kier alpha value is -0.120. The maximum atomic E-state index is 5.17. The first kappa shape index (κ1) is 18.9. The highest BCUT2D eigenvalue weighted by molar-refractivity contribution is 4.87. The van der Waals surface area contributed by atoms with E-state index in [1.165, 1.54) is 58.2 Å². The lowest BCUT2D eigenvalue weighted by atomic mass is 9.79. The van der Waals surface area contributed by atoms with Gasteiger partial charge in [0, 0.05) is 33.3 Å². The normalized spacial score (nSPS) is 19.1. The van der Waals surface area contributed by atoms with E-state index in [1.807, 2.05) is 0 Å². The Labute approximate surface area is 132 Å².